The molecule has 0 unspecified atom stereocenters. The van der Waals surface area contributed by atoms with E-state index >= 15 is 0 Å². The van der Waals surface area contributed by atoms with Crippen molar-refractivity contribution in [1.29, 1.82) is 0 Å². The summed E-state index contributed by atoms with van der Waals surface area (Å²) in [7, 11) is 0. The third-order valence-electron chi connectivity index (χ3n) is 6.47. The van der Waals surface area contributed by atoms with Crippen LogP contribution in [-0.4, -0.2) is 107 Å². The molecule has 0 N–H and O–H groups in total. The summed E-state index contributed by atoms with van der Waals surface area (Å²) in [5.74, 6) is -3.26. The van der Waals surface area contributed by atoms with Gasteiger partial charge in [-0.15, -0.1) is 10.1 Å². The monoisotopic (exact) mass is 424 g/mol. The maximum Gasteiger partial charge on any atom is 0.387 e. The van der Waals surface area contributed by atoms with Crippen molar-refractivity contribution < 1.29 is 47.4 Å². The molecule has 5 fully saturated rings. The smallest absolute Gasteiger partial charge is 0.324 e. The maximum absolute atomic E-state index is 12.3. The standard InChI is InChI=1S/C18H24N4O8/c23-13-1-2-14(24)19(13)29-17(27)11-21-5-8-22(9-6-21,10-7-21)12-18(28)30-20-15(25)3-4-16(20)26/h1-12H2/q+2. The van der Waals surface area contributed by atoms with Crippen molar-refractivity contribution in [3.8, 4) is 0 Å². The summed E-state index contributed by atoms with van der Waals surface area (Å²) in [6, 6.07) is 0. The first kappa shape index (κ1) is 20.4. The van der Waals surface area contributed by atoms with Crippen molar-refractivity contribution in [3.05, 3.63) is 0 Å². The Bertz CT molecular complexity index is 716. The van der Waals surface area contributed by atoms with Crippen molar-refractivity contribution >= 4 is 35.6 Å². The van der Waals surface area contributed by atoms with E-state index in [9.17, 15) is 28.8 Å². The van der Waals surface area contributed by atoms with Crippen LogP contribution in [0.5, 0.6) is 0 Å². The second kappa shape index (κ2) is 7.43. The van der Waals surface area contributed by atoms with Crippen molar-refractivity contribution in [1.82, 2.24) is 10.1 Å². The summed E-state index contributed by atoms with van der Waals surface area (Å²) in [6.07, 6.45) is 0.210. The third kappa shape index (κ3) is 3.79. The second-order valence-corrected chi connectivity index (χ2v) is 8.43. The molecule has 12 heteroatoms. The van der Waals surface area contributed by atoms with Crippen molar-refractivity contribution in [2.24, 2.45) is 0 Å². The molecule has 5 aliphatic heterocycles. The highest BCUT2D eigenvalue weighted by Crippen LogP contribution is 2.27. The lowest BCUT2D eigenvalue weighted by Gasteiger charge is -2.54. The van der Waals surface area contributed by atoms with E-state index < -0.39 is 35.6 Å². The average molecular weight is 424 g/mol. The highest BCUT2D eigenvalue weighted by Gasteiger charge is 2.52. The summed E-state index contributed by atoms with van der Waals surface area (Å²) in [5.41, 5.74) is 0. The van der Waals surface area contributed by atoms with Crippen molar-refractivity contribution in [2.75, 3.05) is 52.4 Å². The molecule has 5 saturated heterocycles. The van der Waals surface area contributed by atoms with Crippen LogP contribution in [0, 0.1) is 0 Å². The molecule has 0 aromatic carbocycles. The largest absolute Gasteiger partial charge is 0.387 e. The Morgan fingerprint density at radius 3 is 1.13 bits per heavy atom. The van der Waals surface area contributed by atoms with Crippen LogP contribution >= 0.6 is 0 Å². The Labute approximate surface area is 171 Å². The molecular formula is C18H24N4O8+2. The molecule has 0 aromatic rings. The average Bonchev–Trinajstić information content (AvgIpc) is 3.19. The molecule has 0 saturated carbocycles. The van der Waals surface area contributed by atoms with E-state index in [0.29, 0.717) is 58.4 Å². The highest BCUT2D eigenvalue weighted by molar-refractivity contribution is 6.02. The minimum atomic E-state index is -0.619. The summed E-state index contributed by atoms with van der Waals surface area (Å²) in [6.45, 7) is 3.89. The number of carbonyl (C=O) groups is 6. The molecule has 0 aliphatic carbocycles. The highest BCUT2D eigenvalue weighted by atomic mass is 16.7. The number of hydroxylamine groups is 4. The molecule has 5 rings (SSSR count). The number of hydrogen-bond acceptors (Lipinski definition) is 8. The van der Waals surface area contributed by atoms with Crippen molar-refractivity contribution in [3.63, 3.8) is 0 Å². The number of amides is 4. The number of quaternary nitrogens is 2. The molecule has 0 atom stereocenters. The van der Waals surface area contributed by atoms with Gasteiger partial charge in [0.2, 0.25) is 0 Å². The van der Waals surface area contributed by atoms with Crippen LogP contribution in [-0.2, 0) is 38.4 Å². The SMILES string of the molecule is O=C(C[N+]12CC[N+](CC(=O)ON3C(=O)CCC3=O)(CC1)CC2)ON1C(=O)CCC1=O. The summed E-state index contributed by atoms with van der Waals surface area (Å²) in [5, 5.41) is 1.12. The lowest BCUT2D eigenvalue weighted by atomic mass is 10.1. The Balaban J connectivity index is 1.29. The molecule has 30 heavy (non-hydrogen) atoms. The van der Waals surface area contributed by atoms with Gasteiger partial charge in [-0.05, 0) is 0 Å². The number of fused-ring (bicyclic) bond motifs is 3. The molecule has 5 heterocycles. The van der Waals surface area contributed by atoms with E-state index in [1.54, 1.807) is 0 Å². The van der Waals surface area contributed by atoms with Gasteiger partial charge in [0, 0.05) is 25.7 Å². The fourth-order valence-corrected chi connectivity index (χ4v) is 4.54. The van der Waals surface area contributed by atoms with E-state index in [0.717, 1.165) is 0 Å². The van der Waals surface area contributed by atoms with Crippen LogP contribution in [0.2, 0.25) is 0 Å². The molecule has 12 nitrogen and oxygen atoms in total. The topological polar surface area (TPSA) is 127 Å². The second-order valence-electron chi connectivity index (χ2n) is 8.43. The number of nitrogens with zero attached hydrogens (tertiary/aromatic N) is 4. The predicted molar refractivity (Wildman–Crippen MR) is 93.8 cm³/mol. The molecule has 0 spiro atoms. The Hall–Kier alpha value is -2.86. The fourth-order valence-electron chi connectivity index (χ4n) is 4.54. The summed E-state index contributed by atoms with van der Waals surface area (Å²) < 4.78 is 0.959. The minimum absolute atomic E-state index is 0.0524. The first-order chi connectivity index (χ1) is 14.2. The van der Waals surface area contributed by atoms with E-state index in [1.807, 2.05) is 0 Å². The van der Waals surface area contributed by atoms with Gasteiger partial charge in [0.15, 0.2) is 13.1 Å². The van der Waals surface area contributed by atoms with Gasteiger partial charge in [0.1, 0.15) is 39.3 Å². The van der Waals surface area contributed by atoms with E-state index in [4.69, 9.17) is 9.68 Å². The Morgan fingerprint density at radius 1 is 0.600 bits per heavy atom. The molecule has 162 valence electrons. The summed E-state index contributed by atoms with van der Waals surface area (Å²) in [4.78, 5) is 81.1. The van der Waals surface area contributed by atoms with Crippen LogP contribution in [0.15, 0.2) is 0 Å². The molecule has 5 aliphatic rings. The van der Waals surface area contributed by atoms with E-state index in [1.165, 1.54) is 0 Å². The maximum atomic E-state index is 12.3. The Kier molecular flexibility index (Phi) is 5.06. The quantitative estimate of drug-likeness (QED) is 0.349. The predicted octanol–water partition coefficient (Wildman–Crippen LogP) is -2.14. The summed E-state index contributed by atoms with van der Waals surface area (Å²) >= 11 is 0. The van der Waals surface area contributed by atoms with Gasteiger partial charge in [-0.1, -0.05) is 0 Å². The van der Waals surface area contributed by atoms with Gasteiger partial charge in [0.05, 0.1) is 0 Å². The van der Waals surface area contributed by atoms with Gasteiger partial charge < -0.3 is 18.6 Å². The first-order valence-electron chi connectivity index (χ1n) is 10.0. The Morgan fingerprint density at radius 2 is 0.867 bits per heavy atom. The van der Waals surface area contributed by atoms with Crippen LogP contribution in [0.1, 0.15) is 25.7 Å². The lowest BCUT2D eigenvalue weighted by Crippen LogP contribution is -2.76. The lowest BCUT2D eigenvalue weighted by molar-refractivity contribution is -1.07. The van der Waals surface area contributed by atoms with E-state index in [2.05, 4.69) is 0 Å². The number of carbonyl (C=O) groups excluding carboxylic acids is 6. The van der Waals surface area contributed by atoms with Crippen LogP contribution < -0.4 is 0 Å². The first-order valence-corrected chi connectivity index (χ1v) is 10.0. The van der Waals surface area contributed by atoms with Crippen LogP contribution in [0.25, 0.3) is 0 Å². The zero-order valence-electron chi connectivity index (χ0n) is 16.5. The van der Waals surface area contributed by atoms with Gasteiger partial charge >= 0.3 is 11.9 Å². The van der Waals surface area contributed by atoms with E-state index in [-0.39, 0.29) is 38.8 Å². The number of rotatable bonds is 6. The number of piperazine rings is 3. The molecule has 0 aromatic heterocycles. The molecule has 0 radical (unpaired) electrons. The van der Waals surface area contributed by atoms with Gasteiger partial charge in [0.25, 0.3) is 23.6 Å². The number of hydrogen-bond donors (Lipinski definition) is 0. The third-order valence-corrected chi connectivity index (χ3v) is 6.47. The van der Waals surface area contributed by atoms with Crippen LogP contribution in [0.4, 0.5) is 0 Å². The molecule has 4 amide bonds. The molecular weight excluding hydrogens is 400 g/mol. The molecule has 2 bridgehead atoms. The fraction of sp³-hybridized carbons (Fsp3) is 0.667. The zero-order valence-corrected chi connectivity index (χ0v) is 16.5. The minimum Gasteiger partial charge on any atom is -0.324 e. The van der Waals surface area contributed by atoms with Gasteiger partial charge in [-0.25, -0.2) is 9.59 Å². The van der Waals surface area contributed by atoms with Crippen molar-refractivity contribution in [2.45, 2.75) is 25.7 Å². The van der Waals surface area contributed by atoms with Gasteiger partial charge in [-0.2, -0.15) is 0 Å². The normalized spacial score (nSPS) is 30.9. The number of imide groups is 2. The van der Waals surface area contributed by atoms with Gasteiger partial charge in [-0.3, -0.25) is 19.2 Å². The van der Waals surface area contributed by atoms with Crippen LogP contribution in [0.3, 0.4) is 0 Å². The zero-order chi connectivity index (χ0) is 21.5.